The SMILES string of the molecule is Cn1nnc2c1-c1ccccc1CNc1ccccc1-2. The Morgan fingerprint density at radius 2 is 1.75 bits per heavy atom. The third-order valence-corrected chi connectivity index (χ3v) is 3.75. The van der Waals surface area contributed by atoms with E-state index in [1.165, 1.54) is 11.1 Å². The fraction of sp³-hybridized carbons (Fsp3) is 0.125. The summed E-state index contributed by atoms with van der Waals surface area (Å²) >= 11 is 0. The maximum Gasteiger partial charge on any atom is 0.123 e. The predicted octanol–water partition coefficient (Wildman–Crippen LogP) is 3.07. The van der Waals surface area contributed by atoms with Crippen molar-refractivity contribution >= 4 is 5.69 Å². The average Bonchev–Trinajstić information content (AvgIpc) is 2.85. The third kappa shape index (κ3) is 1.54. The Hall–Kier alpha value is -2.62. The van der Waals surface area contributed by atoms with E-state index in [-0.39, 0.29) is 0 Å². The molecule has 0 atom stereocenters. The molecule has 0 radical (unpaired) electrons. The quantitative estimate of drug-likeness (QED) is 0.677. The summed E-state index contributed by atoms with van der Waals surface area (Å²) in [4.78, 5) is 0. The molecule has 0 saturated heterocycles. The van der Waals surface area contributed by atoms with Crippen LogP contribution < -0.4 is 5.32 Å². The van der Waals surface area contributed by atoms with Crippen LogP contribution in [0.4, 0.5) is 5.69 Å². The van der Waals surface area contributed by atoms with Crippen molar-refractivity contribution in [3.8, 4) is 22.5 Å². The molecule has 0 amide bonds. The molecule has 0 unspecified atom stereocenters. The first-order valence-corrected chi connectivity index (χ1v) is 6.66. The molecule has 1 N–H and O–H groups in total. The van der Waals surface area contributed by atoms with Crippen molar-refractivity contribution in [3.05, 3.63) is 54.1 Å². The number of para-hydroxylation sites is 1. The van der Waals surface area contributed by atoms with Crippen LogP contribution in [-0.2, 0) is 13.6 Å². The Labute approximate surface area is 117 Å². The lowest BCUT2D eigenvalue weighted by molar-refractivity contribution is 0.720. The lowest BCUT2D eigenvalue weighted by Crippen LogP contribution is -2.07. The van der Waals surface area contributed by atoms with Gasteiger partial charge >= 0.3 is 0 Å². The van der Waals surface area contributed by atoms with Crippen LogP contribution in [0.15, 0.2) is 48.5 Å². The summed E-state index contributed by atoms with van der Waals surface area (Å²) in [5.41, 5.74) is 6.66. The Bertz CT molecular complexity index is 789. The van der Waals surface area contributed by atoms with Crippen molar-refractivity contribution in [2.24, 2.45) is 7.05 Å². The van der Waals surface area contributed by atoms with Crippen LogP contribution in [0, 0.1) is 0 Å². The van der Waals surface area contributed by atoms with Gasteiger partial charge in [0.25, 0.3) is 0 Å². The number of aryl methyl sites for hydroxylation is 1. The van der Waals surface area contributed by atoms with Gasteiger partial charge in [0.15, 0.2) is 0 Å². The van der Waals surface area contributed by atoms with E-state index in [9.17, 15) is 0 Å². The van der Waals surface area contributed by atoms with E-state index in [2.05, 4.69) is 52.0 Å². The maximum atomic E-state index is 4.37. The molecule has 98 valence electrons. The molecular weight excluding hydrogens is 248 g/mol. The monoisotopic (exact) mass is 262 g/mol. The van der Waals surface area contributed by atoms with Crippen molar-refractivity contribution in [1.82, 2.24) is 15.0 Å². The molecule has 4 nitrogen and oxygen atoms in total. The summed E-state index contributed by atoms with van der Waals surface area (Å²) in [5, 5.41) is 12.1. The molecule has 0 aliphatic carbocycles. The third-order valence-electron chi connectivity index (χ3n) is 3.75. The number of nitrogens with one attached hydrogen (secondary N) is 1. The number of nitrogens with zero attached hydrogens (tertiary/aromatic N) is 3. The number of aromatic nitrogens is 3. The largest absolute Gasteiger partial charge is 0.380 e. The van der Waals surface area contributed by atoms with E-state index in [4.69, 9.17) is 0 Å². The highest BCUT2D eigenvalue weighted by Gasteiger charge is 2.21. The fourth-order valence-corrected chi connectivity index (χ4v) is 2.78. The molecule has 1 aliphatic rings. The van der Waals surface area contributed by atoms with E-state index >= 15 is 0 Å². The summed E-state index contributed by atoms with van der Waals surface area (Å²) in [6.45, 7) is 0.803. The first kappa shape index (κ1) is 11.2. The molecule has 20 heavy (non-hydrogen) atoms. The van der Waals surface area contributed by atoms with Gasteiger partial charge in [-0.05, 0) is 11.6 Å². The summed E-state index contributed by atoms with van der Waals surface area (Å²) in [5.74, 6) is 0. The molecule has 3 aromatic rings. The Morgan fingerprint density at radius 3 is 2.65 bits per heavy atom. The Kier molecular flexibility index (Phi) is 2.36. The van der Waals surface area contributed by atoms with Gasteiger partial charge in [-0.2, -0.15) is 0 Å². The van der Waals surface area contributed by atoms with Crippen molar-refractivity contribution in [2.75, 3.05) is 5.32 Å². The Morgan fingerprint density at radius 1 is 1.00 bits per heavy atom. The number of benzene rings is 2. The van der Waals surface area contributed by atoms with Gasteiger partial charge in [-0.15, -0.1) is 5.10 Å². The van der Waals surface area contributed by atoms with Crippen LogP contribution in [-0.4, -0.2) is 15.0 Å². The second-order valence-corrected chi connectivity index (χ2v) is 4.97. The summed E-state index contributed by atoms with van der Waals surface area (Å²) < 4.78 is 1.86. The molecule has 4 rings (SSSR count). The zero-order chi connectivity index (χ0) is 13.5. The average molecular weight is 262 g/mol. The molecule has 4 heteroatoms. The van der Waals surface area contributed by atoms with Crippen LogP contribution in [0.25, 0.3) is 22.5 Å². The van der Waals surface area contributed by atoms with Crippen LogP contribution in [0.5, 0.6) is 0 Å². The van der Waals surface area contributed by atoms with Crippen LogP contribution in [0.1, 0.15) is 5.56 Å². The van der Waals surface area contributed by atoms with E-state index in [0.717, 1.165) is 29.2 Å². The number of rotatable bonds is 0. The van der Waals surface area contributed by atoms with Crippen molar-refractivity contribution < 1.29 is 0 Å². The van der Waals surface area contributed by atoms with Gasteiger partial charge in [0.2, 0.25) is 0 Å². The van der Waals surface area contributed by atoms with Crippen molar-refractivity contribution in [3.63, 3.8) is 0 Å². The van der Waals surface area contributed by atoms with Gasteiger partial charge in [0.05, 0.1) is 5.69 Å². The highest BCUT2D eigenvalue weighted by atomic mass is 15.4. The second-order valence-electron chi connectivity index (χ2n) is 4.97. The molecule has 1 aliphatic heterocycles. The summed E-state index contributed by atoms with van der Waals surface area (Å²) in [6, 6.07) is 16.6. The molecule has 0 bridgehead atoms. The molecule has 0 fully saturated rings. The number of hydrogen-bond donors (Lipinski definition) is 1. The smallest absolute Gasteiger partial charge is 0.123 e. The van der Waals surface area contributed by atoms with Crippen LogP contribution >= 0.6 is 0 Å². The first-order chi connectivity index (χ1) is 9.84. The van der Waals surface area contributed by atoms with Crippen molar-refractivity contribution in [2.45, 2.75) is 6.54 Å². The van der Waals surface area contributed by atoms with Gasteiger partial charge in [-0.3, -0.25) is 0 Å². The zero-order valence-corrected chi connectivity index (χ0v) is 11.2. The summed E-state index contributed by atoms with van der Waals surface area (Å²) in [6.07, 6.45) is 0. The lowest BCUT2D eigenvalue weighted by atomic mass is 9.97. The number of fused-ring (bicyclic) bond motifs is 5. The van der Waals surface area contributed by atoms with E-state index < -0.39 is 0 Å². The van der Waals surface area contributed by atoms with Gasteiger partial charge in [0, 0.05) is 30.4 Å². The van der Waals surface area contributed by atoms with Gasteiger partial charge < -0.3 is 5.32 Å². The Balaban J connectivity index is 2.08. The molecule has 1 aromatic heterocycles. The van der Waals surface area contributed by atoms with E-state index in [1.54, 1.807) is 0 Å². The normalized spacial score (nSPS) is 12.4. The zero-order valence-electron chi connectivity index (χ0n) is 11.2. The minimum atomic E-state index is 0.803. The fourth-order valence-electron chi connectivity index (χ4n) is 2.78. The van der Waals surface area contributed by atoms with Crippen molar-refractivity contribution in [1.29, 1.82) is 0 Å². The van der Waals surface area contributed by atoms with E-state index in [1.807, 2.05) is 23.9 Å². The van der Waals surface area contributed by atoms with Crippen LogP contribution in [0.2, 0.25) is 0 Å². The van der Waals surface area contributed by atoms with Gasteiger partial charge in [-0.25, -0.2) is 4.68 Å². The standard InChI is InChI=1S/C16H14N4/c1-20-16-12-7-3-2-6-11(12)10-17-14-9-5-4-8-13(14)15(16)18-19-20/h2-9,17H,10H2,1H3. The van der Waals surface area contributed by atoms with Gasteiger partial charge in [0.1, 0.15) is 5.69 Å². The second kappa shape index (κ2) is 4.20. The topological polar surface area (TPSA) is 42.7 Å². The summed E-state index contributed by atoms with van der Waals surface area (Å²) in [7, 11) is 1.94. The minimum Gasteiger partial charge on any atom is -0.380 e. The minimum absolute atomic E-state index is 0.803. The van der Waals surface area contributed by atoms with E-state index in [0.29, 0.717) is 0 Å². The number of anilines is 1. The molecular formula is C16H14N4. The molecule has 0 spiro atoms. The number of hydrogen-bond acceptors (Lipinski definition) is 3. The lowest BCUT2D eigenvalue weighted by Gasteiger charge is -2.18. The molecule has 2 aromatic carbocycles. The molecule has 2 heterocycles. The maximum absolute atomic E-state index is 4.37. The highest BCUT2D eigenvalue weighted by Crippen LogP contribution is 2.37. The first-order valence-electron chi connectivity index (χ1n) is 6.66. The highest BCUT2D eigenvalue weighted by molar-refractivity contribution is 5.87. The van der Waals surface area contributed by atoms with Crippen LogP contribution in [0.3, 0.4) is 0 Å². The predicted molar refractivity (Wildman–Crippen MR) is 79.2 cm³/mol. The molecule has 0 saturated carbocycles. The van der Waals surface area contributed by atoms with Gasteiger partial charge in [-0.1, -0.05) is 47.7 Å².